The molecule has 0 bridgehead atoms. The first-order chi connectivity index (χ1) is 16.5. The second-order valence-corrected chi connectivity index (χ2v) is 7.61. The van der Waals surface area contributed by atoms with Crippen molar-refractivity contribution in [3.8, 4) is 0 Å². The molecule has 4 amide bonds. The largest absolute Gasteiger partial charge is 0.462 e. The van der Waals surface area contributed by atoms with E-state index in [1.807, 2.05) is 49.4 Å². The molecule has 8 heteroatoms. The van der Waals surface area contributed by atoms with Crippen LogP contribution in [-0.4, -0.2) is 31.2 Å². The number of anilines is 2. The summed E-state index contributed by atoms with van der Waals surface area (Å²) in [6.07, 6.45) is 0.481. The minimum Gasteiger partial charge on any atom is -0.462 e. The zero-order chi connectivity index (χ0) is 24.2. The summed E-state index contributed by atoms with van der Waals surface area (Å²) in [5.74, 6) is -0.468. The highest BCUT2D eigenvalue weighted by Gasteiger charge is 2.08. The Morgan fingerprint density at radius 2 is 1.35 bits per heavy atom. The molecule has 0 aliphatic rings. The van der Waals surface area contributed by atoms with Crippen LogP contribution in [-0.2, 0) is 11.3 Å². The molecule has 0 aromatic heterocycles. The summed E-state index contributed by atoms with van der Waals surface area (Å²) in [6.45, 7) is 2.96. The Hall–Kier alpha value is -4.33. The Bertz CT molecular complexity index is 1080. The SMILES string of the molecule is Cc1ccc(CNC(=O)Nc2ccc(C(=O)OCCCNC(=O)Nc3ccccc3)cc2)cc1. The van der Waals surface area contributed by atoms with E-state index in [9.17, 15) is 14.4 Å². The van der Waals surface area contributed by atoms with Gasteiger partial charge >= 0.3 is 18.0 Å². The molecule has 0 fully saturated rings. The number of rotatable bonds is 9. The van der Waals surface area contributed by atoms with Gasteiger partial charge in [-0.2, -0.15) is 0 Å². The molecule has 0 aliphatic heterocycles. The number of esters is 1. The van der Waals surface area contributed by atoms with Crippen molar-refractivity contribution >= 4 is 29.4 Å². The van der Waals surface area contributed by atoms with E-state index >= 15 is 0 Å². The van der Waals surface area contributed by atoms with E-state index in [4.69, 9.17) is 4.74 Å². The van der Waals surface area contributed by atoms with Crippen LogP contribution in [0.3, 0.4) is 0 Å². The molecule has 0 unspecified atom stereocenters. The van der Waals surface area contributed by atoms with E-state index in [0.29, 0.717) is 36.4 Å². The Kier molecular flexibility index (Phi) is 9.04. The van der Waals surface area contributed by atoms with Gasteiger partial charge in [-0.3, -0.25) is 0 Å². The number of amides is 4. The second-order valence-electron chi connectivity index (χ2n) is 7.61. The molecule has 176 valence electrons. The summed E-state index contributed by atoms with van der Waals surface area (Å²) in [4.78, 5) is 36.1. The molecule has 0 aliphatic carbocycles. The number of para-hydroxylation sites is 1. The van der Waals surface area contributed by atoms with Gasteiger partial charge in [0.1, 0.15) is 0 Å². The molecule has 0 heterocycles. The summed E-state index contributed by atoms with van der Waals surface area (Å²) in [5.41, 5.74) is 3.81. The number of nitrogens with one attached hydrogen (secondary N) is 4. The van der Waals surface area contributed by atoms with Gasteiger partial charge in [0, 0.05) is 24.5 Å². The number of carbonyl (C=O) groups is 3. The highest BCUT2D eigenvalue weighted by Crippen LogP contribution is 2.11. The molecule has 0 saturated heterocycles. The zero-order valence-electron chi connectivity index (χ0n) is 19.0. The topological polar surface area (TPSA) is 109 Å². The second kappa shape index (κ2) is 12.6. The van der Waals surface area contributed by atoms with Gasteiger partial charge in [0.2, 0.25) is 0 Å². The number of hydrogen-bond donors (Lipinski definition) is 4. The summed E-state index contributed by atoms with van der Waals surface area (Å²) in [6, 6.07) is 22.8. The van der Waals surface area contributed by atoms with Crippen LogP contribution in [0.15, 0.2) is 78.9 Å². The van der Waals surface area contributed by atoms with E-state index in [-0.39, 0.29) is 18.7 Å². The van der Waals surface area contributed by atoms with Crippen LogP contribution in [0, 0.1) is 6.92 Å². The van der Waals surface area contributed by atoms with Gasteiger partial charge in [-0.25, -0.2) is 14.4 Å². The average molecular weight is 461 g/mol. The summed E-state index contributed by atoms with van der Waals surface area (Å²) in [7, 11) is 0. The lowest BCUT2D eigenvalue weighted by Gasteiger charge is -2.09. The van der Waals surface area contributed by atoms with E-state index in [1.165, 1.54) is 0 Å². The molecule has 34 heavy (non-hydrogen) atoms. The Morgan fingerprint density at radius 3 is 2.03 bits per heavy atom. The number of urea groups is 2. The summed E-state index contributed by atoms with van der Waals surface area (Å²) >= 11 is 0. The first-order valence-corrected chi connectivity index (χ1v) is 11.0. The van der Waals surface area contributed by atoms with Crippen molar-refractivity contribution < 1.29 is 19.1 Å². The van der Waals surface area contributed by atoms with Gasteiger partial charge < -0.3 is 26.0 Å². The third-order valence-corrected chi connectivity index (χ3v) is 4.82. The fourth-order valence-electron chi connectivity index (χ4n) is 2.97. The minimum atomic E-state index is -0.468. The number of carbonyl (C=O) groups excluding carboxylic acids is 3. The average Bonchev–Trinajstić information content (AvgIpc) is 2.84. The van der Waals surface area contributed by atoms with Gasteiger partial charge in [-0.15, -0.1) is 0 Å². The maximum Gasteiger partial charge on any atom is 0.338 e. The smallest absolute Gasteiger partial charge is 0.338 e. The van der Waals surface area contributed by atoms with Gasteiger partial charge in [0.05, 0.1) is 12.2 Å². The molecule has 0 atom stereocenters. The van der Waals surface area contributed by atoms with Crippen molar-refractivity contribution in [2.45, 2.75) is 19.9 Å². The maximum atomic E-state index is 12.2. The minimum absolute atomic E-state index is 0.172. The summed E-state index contributed by atoms with van der Waals surface area (Å²) < 4.78 is 5.23. The number of ether oxygens (including phenoxy) is 1. The molecule has 3 aromatic rings. The Labute approximate surface area is 198 Å². The molecule has 0 radical (unpaired) electrons. The van der Waals surface area contributed by atoms with E-state index < -0.39 is 5.97 Å². The molecule has 4 N–H and O–H groups in total. The number of aryl methyl sites for hydroxylation is 1. The van der Waals surface area contributed by atoms with E-state index in [1.54, 1.807) is 36.4 Å². The number of benzene rings is 3. The van der Waals surface area contributed by atoms with Crippen molar-refractivity contribution in [1.29, 1.82) is 0 Å². The third kappa shape index (κ3) is 8.31. The van der Waals surface area contributed by atoms with Crippen LogP contribution in [0.5, 0.6) is 0 Å². The molecular formula is C26H28N4O4. The molecule has 3 rings (SSSR count). The number of hydrogen-bond acceptors (Lipinski definition) is 4. The normalized spacial score (nSPS) is 10.1. The van der Waals surface area contributed by atoms with Crippen molar-refractivity contribution in [2.24, 2.45) is 0 Å². The fraction of sp³-hybridized carbons (Fsp3) is 0.192. The molecule has 0 spiro atoms. The molecular weight excluding hydrogens is 432 g/mol. The zero-order valence-corrected chi connectivity index (χ0v) is 19.0. The van der Waals surface area contributed by atoms with Gasteiger partial charge in [0.25, 0.3) is 0 Å². The van der Waals surface area contributed by atoms with Crippen LogP contribution in [0.25, 0.3) is 0 Å². The Balaban J connectivity index is 1.32. The monoisotopic (exact) mass is 460 g/mol. The molecule has 8 nitrogen and oxygen atoms in total. The highest BCUT2D eigenvalue weighted by molar-refractivity contribution is 5.92. The van der Waals surface area contributed by atoms with Crippen molar-refractivity contribution in [3.05, 3.63) is 95.6 Å². The first kappa shape index (κ1) is 24.3. The van der Waals surface area contributed by atoms with E-state index in [0.717, 1.165) is 11.1 Å². The lowest BCUT2D eigenvalue weighted by Crippen LogP contribution is -2.30. The van der Waals surface area contributed by atoms with Crippen LogP contribution in [0.4, 0.5) is 21.0 Å². The lowest BCUT2D eigenvalue weighted by atomic mass is 10.1. The van der Waals surface area contributed by atoms with E-state index in [2.05, 4.69) is 21.3 Å². The van der Waals surface area contributed by atoms with Crippen molar-refractivity contribution in [3.63, 3.8) is 0 Å². The van der Waals surface area contributed by atoms with Gasteiger partial charge in [0.15, 0.2) is 0 Å². The third-order valence-electron chi connectivity index (χ3n) is 4.82. The van der Waals surface area contributed by atoms with Crippen LogP contribution in [0.1, 0.15) is 27.9 Å². The van der Waals surface area contributed by atoms with Crippen LogP contribution >= 0.6 is 0 Å². The fourth-order valence-corrected chi connectivity index (χ4v) is 2.97. The predicted octanol–water partition coefficient (Wildman–Crippen LogP) is 4.69. The maximum absolute atomic E-state index is 12.2. The quantitative estimate of drug-likeness (QED) is 0.274. The molecule has 0 saturated carbocycles. The standard InChI is InChI=1S/C26H28N4O4/c1-19-8-10-20(11-9-19)18-28-26(33)30-23-14-12-21(13-15-23)24(31)34-17-5-16-27-25(32)29-22-6-3-2-4-7-22/h2-4,6-15H,5,16-18H2,1H3,(H2,27,29,32)(H2,28,30,33). The van der Waals surface area contributed by atoms with Crippen molar-refractivity contribution in [2.75, 3.05) is 23.8 Å². The first-order valence-electron chi connectivity index (χ1n) is 11.0. The van der Waals surface area contributed by atoms with Gasteiger partial charge in [-0.05, 0) is 55.3 Å². The summed E-state index contributed by atoms with van der Waals surface area (Å²) in [5, 5.41) is 10.9. The van der Waals surface area contributed by atoms with Crippen LogP contribution < -0.4 is 21.3 Å². The molecule has 3 aromatic carbocycles. The lowest BCUT2D eigenvalue weighted by molar-refractivity contribution is 0.0501. The van der Waals surface area contributed by atoms with Crippen LogP contribution in [0.2, 0.25) is 0 Å². The Morgan fingerprint density at radius 1 is 0.735 bits per heavy atom. The van der Waals surface area contributed by atoms with Gasteiger partial charge in [-0.1, -0.05) is 48.0 Å². The predicted molar refractivity (Wildman–Crippen MR) is 132 cm³/mol. The van der Waals surface area contributed by atoms with Crippen molar-refractivity contribution in [1.82, 2.24) is 10.6 Å². The highest BCUT2D eigenvalue weighted by atomic mass is 16.5.